The topological polar surface area (TPSA) is 77.4 Å². The average molecular weight is 346 g/mol. The van der Waals surface area contributed by atoms with Gasteiger partial charge in [0.2, 0.25) is 0 Å². The molecule has 2 unspecified atom stereocenters. The van der Waals surface area contributed by atoms with Crippen LogP contribution in [0, 0.1) is 13.8 Å². The van der Waals surface area contributed by atoms with Crippen LogP contribution < -0.4 is 10.6 Å². The zero-order chi connectivity index (χ0) is 16.7. The molecule has 0 aliphatic carbocycles. The van der Waals surface area contributed by atoms with Gasteiger partial charge < -0.3 is 19.8 Å². The van der Waals surface area contributed by atoms with Gasteiger partial charge in [0.1, 0.15) is 11.6 Å². The highest BCUT2D eigenvalue weighted by Gasteiger charge is 2.37. The summed E-state index contributed by atoms with van der Waals surface area (Å²) in [6, 6.07) is 5.04. The number of nitrogens with two attached hydrogens (primary N) is 1. The van der Waals surface area contributed by atoms with Crippen molar-refractivity contribution >= 4 is 23.3 Å². The van der Waals surface area contributed by atoms with E-state index in [1.54, 1.807) is 11.8 Å². The molecule has 2 aromatic heterocycles. The summed E-state index contributed by atoms with van der Waals surface area (Å²) in [5.74, 6) is 2.12. The summed E-state index contributed by atoms with van der Waals surface area (Å²) in [5.41, 5.74) is 9.11. The van der Waals surface area contributed by atoms with Gasteiger partial charge in [-0.25, -0.2) is 9.97 Å². The zero-order valence-electron chi connectivity index (χ0n) is 14.0. The predicted molar refractivity (Wildman–Crippen MR) is 94.3 cm³/mol. The van der Waals surface area contributed by atoms with Crippen molar-refractivity contribution in [3.63, 3.8) is 0 Å². The molecule has 2 bridgehead atoms. The highest BCUT2D eigenvalue weighted by Crippen LogP contribution is 2.35. The van der Waals surface area contributed by atoms with Gasteiger partial charge in [0.15, 0.2) is 0 Å². The molecule has 2 aromatic rings. The fourth-order valence-electron chi connectivity index (χ4n) is 3.51. The number of hydrogen-bond acceptors (Lipinski definition) is 7. The van der Waals surface area contributed by atoms with Crippen molar-refractivity contribution in [1.82, 2.24) is 9.97 Å². The lowest BCUT2D eigenvalue weighted by Gasteiger charge is -2.36. The van der Waals surface area contributed by atoms with Crippen LogP contribution in [-0.4, -0.2) is 35.3 Å². The summed E-state index contributed by atoms with van der Waals surface area (Å²) in [6.07, 6.45) is 2.37. The van der Waals surface area contributed by atoms with Crippen molar-refractivity contribution in [1.29, 1.82) is 0 Å². The second kappa shape index (κ2) is 6.29. The van der Waals surface area contributed by atoms with Gasteiger partial charge >= 0.3 is 0 Å². The van der Waals surface area contributed by atoms with Crippen LogP contribution in [0.4, 0.5) is 11.5 Å². The number of morpholine rings is 1. The van der Waals surface area contributed by atoms with Crippen LogP contribution >= 0.6 is 11.8 Å². The Labute approximate surface area is 145 Å². The van der Waals surface area contributed by atoms with Crippen LogP contribution in [0.5, 0.6) is 0 Å². The highest BCUT2D eigenvalue weighted by molar-refractivity contribution is 7.98. The highest BCUT2D eigenvalue weighted by atomic mass is 32.2. The number of ether oxygens (including phenoxy) is 1. The number of hydrogen-bond donors (Lipinski definition) is 1. The lowest BCUT2D eigenvalue weighted by atomic mass is 10.2. The third-order valence-corrected chi connectivity index (χ3v) is 5.64. The van der Waals surface area contributed by atoms with Crippen molar-refractivity contribution in [2.24, 2.45) is 0 Å². The maximum absolute atomic E-state index is 6.06. The van der Waals surface area contributed by atoms with Gasteiger partial charge in [-0.05, 0) is 32.8 Å². The van der Waals surface area contributed by atoms with Gasteiger partial charge in [-0.2, -0.15) is 0 Å². The predicted octanol–water partition coefficient (Wildman–Crippen LogP) is 2.93. The number of thioether (sulfide) groups is 1. The van der Waals surface area contributed by atoms with Crippen LogP contribution in [0.2, 0.25) is 0 Å². The third kappa shape index (κ3) is 2.98. The Kier molecular flexibility index (Phi) is 4.14. The van der Waals surface area contributed by atoms with Crippen LogP contribution in [0.1, 0.15) is 30.0 Å². The largest absolute Gasteiger partial charge is 0.437 e. The van der Waals surface area contributed by atoms with Crippen molar-refractivity contribution in [2.45, 2.75) is 49.7 Å². The van der Waals surface area contributed by atoms with Gasteiger partial charge in [-0.15, -0.1) is 0 Å². The second-order valence-electron chi connectivity index (χ2n) is 6.48. The van der Waals surface area contributed by atoms with Crippen molar-refractivity contribution in [3.8, 4) is 0 Å². The fourth-order valence-corrected chi connectivity index (χ4v) is 4.31. The van der Waals surface area contributed by atoms with E-state index in [2.05, 4.69) is 20.9 Å². The number of rotatable bonds is 4. The van der Waals surface area contributed by atoms with E-state index in [9.17, 15) is 0 Å². The lowest BCUT2D eigenvalue weighted by Crippen LogP contribution is -2.46. The molecule has 0 saturated carbocycles. The molecule has 24 heavy (non-hydrogen) atoms. The Bertz CT molecular complexity index is 713. The number of aryl methyl sites for hydroxylation is 2. The summed E-state index contributed by atoms with van der Waals surface area (Å²) in [6.45, 7) is 5.49. The van der Waals surface area contributed by atoms with Gasteiger partial charge in [0.05, 0.1) is 36.7 Å². The number of nitrogens with zero attached hydrogens (tertiary/aromatic N) is 3. The van der Waals surface area contributed by atoms with E-state index >= 15 is 0 Å². The van der Waals surface area contributed by atoms with Crippen LogP contribution in [-0.2, 0) is 10.5 Å². The minimum atomic E-state index is 0.461. The molecule has 0 spiro atoms. The molecule has 4 rings (SSSR count). The zero-order valence-corrected chi connectivity index (χ0v) is 14.8. The van der Waals surface area contributed by atoms with E-state index in [0.29, 0.717) is 28.9 Å². The molecule has 2 aliphatic heterocycles. The first-order valence-corrected chi connectivity index (χ1v) is 9.28. The molecule has 0 amide bonds. The maximum atomic E-state index is 6.06. The molecule has 0 radical (unpaired) electrons. The number of fused-ring (bicyclic) bond motifs is 2. The van der Waals surface area contributed by atoms with Crippen LogP contribution in [0.3, 0.4) is 0 Å². The van der Waals surface area contributed by atoms with Crippen LogP contribution in [0.25, 0.3) is 0 Å². The Morgan fingerprint density at radius 1 is 1.21 bits per heavy atom. The molecule has 2 N–H and O–H groups in total. The van der Waals surface area contributed by atoms with Gasteiger partial charge in [-0.3, -0.25) is 0 Å². The Balaban J connectivity index is 1.53. The smallest absolute Gasteiger partial charge is 0.256 e. The van der Waals surface area contributed by atoms with E-state index in [1.807, 2.05) is 19.9 Å². The molecular formula is C17H22N4O2S. The van der Waals surface area contributed by atoms with Crippen LogP contribution in [0.15, 0.2) is 21.8 Å². The number of anilines is 2. The normalized spacial score (nSPS) is 23.0. The molecule has 2 fully saturated rings. The van der Waals surface area contributed by atoms with Gasteiger partial charge in [-0.1, -0.05) is 11.8 Å². The summed E-state index contributed by atoms with van der Waals surface area (Å²) in [4.78, 5) is 11.3. The van der Waals surface area contributed by atoms with Crippen molar-refractivity contribution in [3.05, 3.63) is 29.3 Å². The van der Waals surface area contributed by atoms with E-state index in [-0.39, 0.29) is 0 Å². The number of nitrogen functional groups attached to an aromatic ring is 1. The quantitative estimate of drug-likeness (QED) is 0.853. The molecular weight excluding hydrogens is 324 g/mol. The molecule has 128 valence electrons. The van der Waals surface area contributed by atoms with Crippen molar-refractivity contribution in [2.75, 3.05) is 23.8 Å². The molecule has 2 saturated heterocycles. The monoisotopic (exact) mass is 346 g/mol. The van der Waals surface area contributed by atoms with E-state index in [0.717, 1.165) is 36.0 Å². The SMILES string of the molecule is Cc1nc(SCc2cc(N3C4CCC3COC4)cc(N)n2)oc1C. The molecule has 2 atom stereocenters. The maximum Gasteiger partial charge on any atom is 0.256 e. The Morgan fingerprint density at radius 2 is 1.96 bits per heavy atom. The fraction of sp³-hybridized carbons (Fsp3) is 0.529. The first kappa shape index (κ1) is 15.8. The number of pyridine rings is 1. The van der Waals surface area contributed by atoms with Crippen molar-refractivity contribution < 1.29 is 9.15 Å². The molecule has 0 aromatic carbocycles. The van der Waals surface area contributed by atoms with Gasteiger partial charge in [0.25, 0.3) is 5.22 Å². The number of oxazole rings is 1. The second-order valence-corrected chi connectivity index (χ2v) is 7.41. The summed E-state index contributed by atoms with van der Waals surface area (Å²) < 4.78 is 11.3. The Hall–Kier alpha value is -1.73. The summed E-state index contributed by atoms with van der Waals surface area (Å²) in [7, 11) is 0. The minimum absolute atomic E-state index is 0.461. The minimum Gasteiger partial charge on any atom is -0.437 e. The average Bonchev–Trinajstić information content (AvgIpc) is 3.00. The standard InChI is InChI=1S/C17H22N4O2S/c1-10-11(2)23-17(19-10)24-9-12-5-15(6-16(18)20-12)21-13-3-4-14(21)8-22-7-13/h5-6,13-14H,3-4,7-9H2,1-2H3,(H2,18,20). The molecule has 7 heteroatoms. The third-order valence-electron chi connectivity index (χ3n) is 4.77. The molecule has 2 aliphatic rings. The first-order chi connectivity index (χ1) is 11.6. The van der Waals surface area contributed by atoms with E-state index in [1.165, 1.54) is 12.8 Å². The van der Waals surface area contributed by atoms with Gasteiger partial charge in [0, 0.05) is 17.5 Å². The van der Waals surface area contributed by atoms with E-state index < -0.39 is 0 Å². The summed E-state index contributed by atoms with van der Waals surface area (Å²) in [5, 5.41) is 0.683. The first-order valence-electron chi connectivity index (χ1n) is 8.29. The molecule has 6 nitrogen and oxygen atoms in total. The van der Waals surface area contributed by atoms with E-state index in [4.69, 9.17) is 14.9 Å². The molecule has 4 heterocycles. The lowest BCUT2D eigenvalue weighted by molar-refractivity contribution is 0.0906. The Morgan fingerprint density at radius 3 is 2.62 bits per heavy atom. The summed E-state index contributed by atoms with van der Waals surface area (Å²) >= 11 is 1.55. The number of aromatic nitrogens is 2.